The Kier molecular flexibility index (Phi) is 5.46. The molecular weight excluding hydrogens is 324 g/mol. The topological polar surface area (TPSA) is 59.3 Å². The molecule has 1 amide bonds. The van der Waals surface area contributed by atoms with E-state index >= 15 is 0 Å². The van der Waals surface area contributed by atoms with Gasteiger partial charge in [-0.25, -0.2) is 10.4 Å². The summed E-state index contributed by atoms with van der Waals surface area (Å²) in [6.45, 7) is 6.77. The van der Waals surface area contributed by atoms with E-state index in [9.17, 15) is 4.79 Å². The number of nitrogens with zero attached hydrogens (tertiary/aromatic N) is 3. The van der Waals surface area contributed by atoms with Crippen LogP contribution >= 0.6 is 0 Å². The zero-order valence-electron chi connectivity index (χ0n) is 15.4. The first-order valence-electron chi connectivity index (χ1n) is 8.87. The average molecular weight is 348 g/mol. The number of para-hydroxylation sites is 2. The molecule has 0 bridgehead atoms. The Hall–Kier alpha value is -2.95. The van der Waals surface area contributed by atoms with E-state index in [1.54, 1.807) is 12.5 Å². The number of hydrogen-bond acceptors (Lipinski definition) is 3. The molecule has 0 radical (unpaired) electrons. The van der Waals surface area contributed by atoms with E-state index in [0.717, 1.165) is 16.6 Å². The molecule has 1 heterocycles. The number of imidazole rings is 1. The third-order valence-electron chi connectivity index (χ3n) is 4.44. The number of amides is 1. The smallest absolute Gasteiger partial charge is 0.244 e. The summed E-state index contributed by atoms with van der Waals surface area (Å²) in [5.41, 5.74) is 6.83. The van der Waals surface area contributed by atoms with Crippen LogP contribution in [0.1, 0.15) is 37.8 Å². The molecule has 1 atom stereocenters. The van der Waals surface area contributed by atoms with Gasteiger partial charge in [0.05, 0.1) is 29.5 Å². The maximum atomic E-state index is 12.3. The van der Waals surface area contributed by atoms with Crippen LogP contribution in [-0.2, 0) is 11.3 Å². The number of hydrogen-bond donors (Lipinski definition) is 1. The highest BCUT2D eigenvalue weighted by Gasteiger charge is 2.14. The van der Waals surface area contributed by atoms with Crippen LogP contribution in [0.4, 0.5) is 0 Å². The molecule has 2 aromatic carbocycles. The molecule has 0 fully saturated rings. The molecular formula is C21H24N4O. The molecule has 0 saturated carbocycles. The number of fused-ring (bicyclic) bond motifs is 1. The fraction of sp³-hybridized carbons (Fsp3) is 0.286. The zero-order chi connectivity index (χ0) is 18.5. The highest BCUT2D eigenvalue weighted by atomic mass is 16.2. The van der Waals surface area contributed by atoms with Crippen molar-refractivity contribution in [3.8, 4) is 0 Å². The van der Waals surface area contributed by atoms with Crippen molar-refractivity contribution < 1.29 is 4.79 Å². The van der Waals surface area contributed by atoms with Crippen molar-refractivity contribution in [3.63, 3.8) is 0 Å². The van der Waals surface area contributed by atoms with Gasteiger partial charge >= 0.3 is 0 Å². The molecule has 134 valence electrons. The predicted molar refractivity (Wildman–Crippen MR) is 105 cm³/mol. The normalized spacial score (nSPS) is 12.8. The minimum atomic E-state index is -0.215. The van der Waals surface area contributed by atoms with E-state index < -0.39 is 0 Å². The Bertz CT molecular complexity index is 909. The van der Waals surface area contributed by atoms with Gasteiger partial charge in [0.1, 0.15) is 0 Å². The summed E-state index contributed by atoms with van der Waals surface area (Å²) in [6.07, 6.45) is 3.44. The lowest BCUT2D eigenvalue weighted by atomic mass is 10.0. The van der Waals surface area contributed by atoms with E-state index in [1.807, 2.05) is 47.9 Å². The van der Waals surface area contributed by atoms with Gasteiger partial charge in [-0.15, -0.1) is 0 Å². The van der Waals surface area contributed by atoms with Crippen molar-refractivity contribution in [1.29, 1.82) is 0 Å². The quantitative estimate of drug-likeness (QED) is 0.542. The van der Waals surface area contributed by atoms with E-state index in [-0.39, 0.29) is 11.8 Å². The predicted octanol–water partition coefficient (Wildman–Crippen LogP) is 3.95. The third-order valence-corrected chi connectivity index (χ3v) is 4.44. The number of aromatic nitrogens is 2. The molecule has 1 unspecified atom stereocenters. The first-order chi connectivity index (χ1) is 12.5. The Morgan fingerprint density at radius 3 is 2.62 bits per heavy atom. The van der Waals surface area contributed by atoms with Gasteiger partial charge in [-0.3, -0.25) is 4.79 Å². The minimum absolute atomic E-state index is 0.113. The van der Waals surface area contributed by atoms with E-state index in [4.69, 9.17) is 0 Å². The molecule has 3 rings (SSSR count). The number of benzene rings is 2. The summed E-state index contributed by atoms with van der Waals surface area (Å²) in [4.78, 5) is 16.6. The second-order valence-electron chi connectivity index (χ2n) is 6.84. The molecule has 26 heavy (non-hydrogen) atoms. The molecule has 5 nitrogen and oxygen atoms in total. The highest BCUT2D eigenvalue weighted by Crippen LogP contribution is 2.15. The molecule has 3 aromatic rings. The van der Waals surface area contributed by atoms with Crippen LogP contribution in [0, 0.1) is 5.92 Å². The van der Waals surface area contributed by atoms with Crippen LogP contribution in [0.25, 0.3) is 11.0 Å². The van der Waals surface area contributed by atoms with E-state index in [0.29, 0.717) is 12.5 Å². The Balaban J connectivity index is 1.57. The van der Waals surface area contributed by atoms with Crippen LogP contribution < -0.4 is 5.43 Å². The van der Waals surface area contributed by atoms with Crippen molar-refractivity contribution in [3.05, 3.63) is 66.0 Å². The second-order valence-corrected chi connectivity index (χ2v) is 6.84. The Morgan fingerprint density at radius 1 is 1.15 bits per heavy atom. The van der Waals surface area contributed by atoms with Gasteiger partial charge in [0, 0.05) is 6.54 Å². The SMILES string of the molecule is CC(Cn1cnc2ccccc21)C(=O)N/N=C\c1ccc(C(C)C)cc1. The first kappa shape index (κ1) is 17.9. The summed E-state index contributed by atoms with van der Waals surface area (Å²) in [6, 6.07) is 16.1. The van der Waals surface area contributed by atoms with E-state index in [1.165, 1.54) is 5.56 Å². The molecule has 0 aliphatic carbocycles. The van der Waals surface area contributed by atoms with Gasteiger partial charge < -0.3 is 4.57 Å². The fourth-order valence-electron chi connectivity index (χ4n) is 2.78. The molecule has 0 aliphatic heterocycles. The number of hydrazone groups is 1. The summed E-state index contributed by atoms with van der Waals surface area (Å²) < 4.78 is 1.99. The van der Waals surface area contributed by atoms with Crippen molar-refractivity contribution in [1.82, 2.24) is 15.0 Å². The van der Waals surface area contributed by atoms with Gasteiger partial charge in [-0.05, 0) is 29.2 Å². The Morgan fingerprint density at radius 2 is 1.88 bits per heavy atom. The highest BCUT2D eigenvalue weighted by molar-refractivity contribution is 5.83. The van der Waals surface area contributed by atoms with Crippen molar-refractivity contribution in [2.45, 2.75) is 33.2 Å². The van der Waals surface area contributed by atoms with Crippen molar-refractivity contribution in [2.24, 2.45) is 11.0 Å². The second kappa shape index (κ2) is 7.95. The molecule has 0 saturated heterocycles. The molecule has 5 heteroatoms. The summed E-state index contributed by atoms with van der Waals surface area (Å²) in [5.74, 6) is 0.173. The standard InChI is InChI=1S/C21H24N4O/c1-15(2)18-10-8-17(9-11-18)12-23-24-21(26)16(3)13-25-14-22-19-6-4-5-7-20(19)25/h4-12,14-16H,13H2,1-3H3,(H,24,26)/b23-12-. The maximum absolute atomic E-state index is 12.3. The first-order valence-corrected chi connectivity index (χ1v) is 8.87. The largest absolute Gasteiger partial charge is 0.330 e. The number of carbonyl (C=O) groups is 1. The van der Waals surface area contributed by atoms with Gasteiger partial charge in [0.2, 0.25) is 5.91 Å². The summed E-state index contributed by atoms with van der Waals surface area (Å²) >= 11 is 0. The van der Waals surface area contributed by atoms with Crippen LogP contribution in [0.3, 0.4) is 0 Å². The van der Waals surface area contributed by atoms with Crippen molar-refractivity contribution >= 4 is 23.2 Å². The Labute approximate surface area is 153 Å². The van der Waals surface area contributed by atoms with Crippen molar-refractivity contribution in [2.75, 3.05) is 0 Å². The average Bonchev–Trinajstić information content (AvgIpc) is 3.05. The lowest BCUT2D eigenvalue weighted by Gasteiger charge is -2.11. The summed E-state index contributed by atoms with van der Waals surface area (Å²) in [7, 11) is 0. The van der Waals surface area contributed by atoms with E-state index in [2.05, 4.69) is 41.5 Å². The van der Waals surface area contributed by atoms with Gasteiger partial charge in [-0.2, -0.15) is 5.10 Å². The third kappa shape index (κ3) is 4.17. The summed E-state index contributed by atoms with van der Waals surface area (Å²) in [5, 5.41) is 4.08. The number of rotatable bonds is 6. The van der Waals surface area contributed by atoms with Crippen LogP contribution in [0.15, 0.2) is 60.0 Å². The molecule has 1 N–H and O–H groups in total. The monoisotopic (exact) mass is 348 g/mol. The minimum Gasteiger partial charge on any atom is -0.330 e. The lowest BCUT2D eigenvalue weighted by molar-refractivity contribution is -0.124. The maximum Gasteiger partial charge on any atom is 0.244 e. The van der Waals surface area contributed by atoms with Gasteiger partial charge in [0.25, 0.3) is 0 Å². The molecule has 1 aromatic heterocycles. The zero-order valence-corrected chi connectivity index (χ0v) is 15.4. The van der Waals surface area contributed by atoms with Crippen LogP contribution in [0.2, 0.25) is 0 Å². The van der Waals surface area contributed by atoms with Crippen LogP contribution in [0.5, 0.6) is 0 Å². The number of carbonyl (C=O) groups excluding carboxylic acids is 1. The lowest BCUT2D eigenvalue weighted by Crippen LogP contribution is -2.27. The van der Waals surface area contributed by atoms with Gasteiger partial charge in [0.15, 0.2) is 0 Å². The molecule has 0 aliphatic rings. The molecule has 0 spiro atoms. The van der Waals surface area contributed by atoms with Crippen LogP contribution in [-0.4, -0.2) is 21.7 Å². The number of nitrogens with one attached hydrogen (secondary N) is 1. The van der Waals surface area contributed by atoms with Gasteiger partial charge in [-0.1, -0.05) is 57.2 Å². The fourth-order valence-corrected chi connectivity index (χ4v) is 2.78.